The predicted molar refractivity (Wildman–Crippen MR) is 79.8 cm³/mol. The molecule has 1 heterocycles. The van der Waals surface area contributed by atoms with Crippen molar-refractivity contribution in [1.29, 1.82) is 0 Å². The number of imidazole rings is 1. The van der Waals surface area contributed by atoms with Crippen molar-refractivity contribution in [3.8, 4) is 0 Å². The Balaban J connectivity index is 0.000000149. The minimum atomic E-state index is 1.06. The maximum Gasteiger partial charge on any atom is 0.106 e. The van der Waals surface area contributed by atoms with Gasteiger partial charge in [-0.1, -0.05) is 48.0 Å². The lowest BCUT2D eigenvalue weighted by Crippen LogP contribution is -1.79. The highest BCUT2D eigenvalue weighted by atomic mass is 32.2. The van der Waals surface area contributed by atoms with Crippen LogP contribution in [-0.2, 0) is 0 Å². The van der Waals surface area contributed by atoms with Gasteiger partial charge in [0.05, 0.1) is 11.0 Å². The summed E-state index contributed by atoms with van der Waals surface area (Å²) < 4.78 is 2.05. The minimum Gasteiger partial charge on any atom is -0.272 e. The van der Waals surface area contributed by atoms with Gasteiger partial charge in [0.25, 0.3) is 0 Å². The summed E-state index contributed by atoms with van der Waals surface area (Å²) in [5.41, 5.74) is 3.56. The number of aryl methyl sites for hydroxylation is 1. The summed E-state index contributed by atoms with van der Waals surface area (Å²) in [4.78, 5) is 4.23. The standard InChI is InChI=1S/C8H8N2S.C7H8/c1-11-10-6-9-7-4-2-3-5-8(7)10;1-7-5-3-2-4-6-7/h2-6H,1H3;2-6H,1H3. The smallest absolute Gasteiger partial charge is 0.106 e. The Morgan fingerprint density at radius 3 is 2.22 bits per heavy atom. The first-order valence-corrected chi connectivity index (χ1v) is 6.97. The molecule has 0 amide bonds. The first-order chi connectivity index (χ1) is 8.81. The van der Waals surface area contributed by atoms with E-state index in [0.717, 1.165) is 5.52 Å². The molecule has 0 aliphatic rings. The number of para-hydroxylation sites is 2. The number of benzene rings is 2. The molecule has 3 aromatic rings. The van der Waals surface area contributed by atoms with Gasteiger partial charge in [-0.05, 0) is 31.0 Å². The molecule has 0 unspecified atom stereocenters. The third kappa shape index (κ3) is 3.14. The van der Waals surface area contributed by atoms with Gasteiger partial charge in [-0.15, -0.1) is 0 Å². The van der Waals surface area contributed by atoms with Crippen LogP contribution in [0.2, 0.25) is 0 Å². The van der Waals surface area contributed by atoms with E-state index in [1.165, 1.54) is 11.1 Å². The van der Waals surface area contributed by atoms with Crippen LogP contribution in [0, 0.1) is 6.92 Å². The zero-order valence-electron chi connectivity index (χ0n) is 10.6. The van der Waals surface area contributed by atoms with Gasteiger partial charge < -0.3 is 0 Å². The third-order valence-corrected chi connectivity index (χ3v) is 3.24. The molecule has 0 bridgehead atoms. The van der Waals surface area contributed by atoms with E-state index in [4.69, 9.17) is 0 Å². The van der Waals surface area contributed by atoms with Crippen LogP contribution in [-0.4, -0.2) is 15.2 Å². The van der Waals surface area contributed by atoms with E-state index in [1.54, 1.807) is 11.9 Å². The summed E-state index contributed by atoms with van der Waals surface area (Å²) in [5, 5.41) is 0. The van der Waals surface area contributed by atoms with Gasteiger partial charge in [0, 0.05) is 6.26 Å². The Morgan fingerprint density at radius 2 is 1.61 bits per heavy atom. The van der Waals surface area contributed by atoms with Crippen molar-refractivity contribution >= 4 is 23.0 Å². The summed E-state index contributed by atoms with van der Waals surface area (Å²) >= 11 is 1.66. The fraction of sp³-hybridized carbons (Fsp3) is 0.133. The topological polar surface area (TPSA) is 17.8 Å². The number of aromatic nitrogens is 2. The molecule has 3 heteroatoms. The fourth-order valence-corrected chi connectivity index (χ4v) is 2.11. The molecule has 3 rings (SSSR count). The van der Waals surface area contributed by atoms with Crippen molar-refractivity contribution in [3.05, 3.63) is 66.5 Å². The second kappa shape index (κ2) is 6.26. The molecular formula is C15H16N2S. The van der Waals surface area contributed by atoms with Crippen LogP contribution in [0.1, 0.15) is 5.56 Å². The van der Waals surface area contributed by atoms with E-state index in [1.807, 2.05) is 49.0 Å². The molecule has 0 atom stereocenters. The van der Waals surface area contributed by atoms with Crippen molar-refractivity contribution in [2.75, 3.05) is 6.26 Å². The predicted octanol–water partition coefficient (Wildman–Crippen LogP) is 4.16. The fourth-order valence-electron chi connectivity index (χ4n) is 1.62. The highest BCUT2D eigenvalue weighted by molar-refractivity contribution is 7.97. The van der Waals surface area contributed by atoms with Crippen LogP contribution >= 0.6 is 11.9 Å². The highest BCUT2D eigenvalue weighted by Crippen LogP contribution is 2.15. The highest BCUT2D eigenvalue weighted by Gasteiger charge is 1.97. The minimum absolute atomic E-state index is 1.06. The van der Waals surface area contributed by atoms with Crippen molar-refractivity contribution in [2.24, 2.45) is 0 Å². The second-order valence-electron chi connectivity index (χ2n) is 3.90. The molecule has 2 aromatic carbocycles. The summed E-state index contributed by atoms with van der Waals surface area (Å²) in [6, 6.07) is 18.4. The molecule has 0 radical (unpaired) electrons. The average Bonchev–Trinajstić information content (AvgIpc) is 2.83. The SMILES string of the molecule is CSn1cnc2ccccc21.Cc1ccccc1. The van der Waals surface area contributed by atoms with Crippen molar-refractivity contribution < 1.29 is 0 Å². The van der Waals surface area contributed by atoms with Gasteiger partial charge >= 0.3 is 0 Å². The van der Waals surface area contributed by atoms with Crippen LogP contribution in [0.4, 0.5) is 0 Å². The normalized spacial score (nSPS) is 9.89. The van der Waals surface area contributed by atoms with Crippen LogP contribution in [0.15, 0.2) is 60.9 Å². The van der Waals surface area contributed by atoms with Gasteiger partial charge in [0.15, 0.2) is 0 Å². The lowest BCUT2D eigenvalue weighted by atomic mass is 10.2. The van der Waals surface area contributed by atoms with Crippen molar-refractivity contribution in [2.45, 2.75) is 6.92 Å². The molecule has 0 fully saturated rings. The maximum absolute atomic E-state index is 4.23. The molecule has 2 nitrogen and oxygen atoms in total. The second-order valence-corrected chi connectivity index (χ2v) is 4.65. The van der Waals surface area contributed by atoms with Crippen LogP contribution in [0.3, 0.4) is 0 Å². The van der Waals surface area contributed by atoms with Crippen molar-refractivity contribution in [1.82, 2.24) is 8.96 Å². The van der Waals surface area contributed by atoms with Crippen LogP contribution in [0.25, 0.3) is 11.0 Å². The maximum atomic E-state index is 4.23. The quantitative estimate of drug-likeness (QED) is 0.650. The van der Waals surface area contributed by atoms with Gasteiger partial charge in [-0.25, -0.2) is 4.98 Å². The number of hydrogen-bond acceptors (Lipinski definition) is 2. The van der Waals surface area contributed by atoms with E-state index in [0.29, 0.717) is 0 Å². The van der Waals surface area contributed by atoms with Crippen LogP contribution in [0.5, 0.6) is 0 Å². The molecular weight excluding hydrogens is 240 g/mol. The van der Waals surface area contributed by atoms with E-state index >= 15 is 0 Å². The first kappa shape index (κ1) is 12.7. The van der Waals surface area contributed by atoms with E-state index in [-0.39, 0.29) is 0 Å². The molecule has 18 heavy (non-hydrogen) atoms. The van der Waals surface area contributed by atoms with Crippen LogP contribution < -0.4 is 0 Å². The van der Waals surface area contributed by atoms with Gasteiger partial charge in [0.2, 0.25) is 0 Å². The zero-order chi connectivity index (χ0) is 12.8. The number of nitrogens with zero attached hydrogens (tertiary/aromatic N) is 2. The van der Waals surface area contributed by atoms with Gasteiger partial charge in [-0.2, -0.15) is 0 Å². The Labute approximate surface area is 112 Å². The molecule has 0 spiro atoms. The number of hydrogen-bond donors (Lipinski definition) is 0. The lowest BCUT2D eigenvalue weighted by Gasteiger charge is -1.94. The largest absolute Gasteiger partial charge is 0.272 e. The molecule has 92 valence electrons. The number of fused-ring (bicyclic) bond motifs is 1. The lowest BCUT2D eigenvalue weighted by molar-refractivity contribution is 1.27. The summed E-state index contributed by atoms with van der Waals surface area (Å²) in [7, 11) is 0. The zero-order valence-corrected chi connectivity index (χ0v) is 11.4. The Kier molecular flexibility index (Phi) is 4.42. The summed E-state index contributed by atoms with van der Waals surface area (Å²) in [5.74, 6) is 0. The summed E-state index contributed by atoms with van der Waals surface area (Å²) in [6.45, 7) is 2.08. The van der Waals surface area contributed by atoms with Crippen molar-refractivity contribution in [3.63, 3.8) is 0 Å². The Morgan fingerprint density at radius 1 is 0.944 bits per heavy atom. The number of rotatable bonds is 1. The van der Waals surface area contributed by atoms with E-state index in [9.17, 15) is 0 Å². The molecule has 0 aliphatic heterocycles. The average molecular weight is 256 g/mol. The van der Waals surface area contributed by atoms with E-state index in [2.05, 4.69) is 34.1 Å². The Hall–Kier alpha value is -1.74. The monoisotopic (exact) mass is 256 g/mol. The first-order valence-electron chi connectivity index (χ1n) is 5.79. The molecule has 1 aromatic heterocycles. The molecule has 0 saturated heterocycles. The third-order valence-electron chi connectivity index (χ3n) is 2.56. The van der Waals surface area contributed by atoms with Gasteiger partial charge in [0.1, 0.15) is 6.33 Å². The van der Waals surface area contributed by atoms with Gasteiger partial charge in [-0.3, -0.25) is 3.97 Å². The Bertz CT molecular complexity index is 602. The van der Waals surface area contributed by atoms with E-state index < -0.39 is 0 Å². The summed E-state index contributed by atoms with van der Waals surface area (Å²) in [6.07, 6.45) is 3.88. The molecule has 0 saturated carbocycles. The molecule has 0 N–H and O–H groups in total. The molecule has 0 aliphatic carbocycles.